The fourth-order valence-corrected chi connectivity index (χ4v) is 8.05. The summed E-state index contributed by atoms with van der Waals surface area (Å²) < 4.78 is 36.9. The van der Waals surface area contributed by atoms with Gasteiger partial charge in [0.25, 0.3) is 0 Å². The van der Waals surface area contributed by atoms with Gasteiger partial charge in [-0.1, -0.05) is 30.2 Å². The molecule has 1 saturated heterocycles. The molecule has 3 heterocycles. The molecule has 41 heavy (non-hydrogen) atoms. The van der Waals surface area contributed by atoms with Gasteiger partial charge in [-0.15, -0.1) is 0 Å². The minimum Gasteiger partial charge on any atom is -0.472 e. The molecule has 7 heteroatoms. The predicted octanol–water partition coefficient (Wildman–Crippen LogP) is 6.66. The fraction of sp³-hybridized carbons (Fsp3) is 0.382. The molecule has 214 valence electrons. The van der Waals surface area contributed by atoms with Gasteiger partial charge >= 0.3 is 0 Å². The lowest BCUT2D eigenvalue weighted by atomic mass is 9.86. The summed E-state index contributed by atoms with van der Waals surface area (Å²) in [6.45, 7) is 6.95. The molecule has 0 amide bonds. The molecular formula is C34H39N3O3S. The second-order valence-corrected chi connectivity index (χ2v) is 13.5. The summed E-state index contributed by atoms with van der Waals surface area (Å²) in [6, 6.07) is 21.3. The molecule has 1 N–H and O–H groups in total. The van der Waals surface area contributed by atoms with Crippen LogP contribution in [0.2, 0.25) is 0 Å². The van der Waals surface area contributed by atoms with Crippen LogP contribution >= 0.6 is 0 Å². The maximum atomic E-state index is 14.0. The van der Waals surface area contributed by atoms with Crippen LogP contribution in [0.5, 0.6) is 5.75 Å². The molecular weight excluding hydrogens is 530 g/mol. The van der Waals surface area contributed by atoms with Gasteiger partial charge in [0, 0.05) is 17.0 Å². The van der Waals surface area contributed by atoms with Crippen molar-refractivity contribution in [3.8, 4) is 22.8 Å². The van der Waals surface area contributed by atoms with E-state index in [1.165, 1.54) is 5.56 Å². The Bertz CT molecular complexity index is 1630. The van der Waals surface area contributed by atoms with E-state index in [9.17, 15) is 8.42 Å². The third-order valence-corrected chi connectivity index (χ3v) is 10.5. The van der Waals surface area contributed by atoms with Gasteiger partial charge in [0.05, 0.1) is 16.6 Å². The van der Waals surface area contributed by atoms with E-state index in [1.807, 2.05) is 31.2 Å². The molecule has 2 aromatic heterocycles. The number of fused-ring (bicyclic) bond motifs is 1. The molecule has 6 rings (SSSR count). The first kappa shape index (κ1) is 27.7. The molecule has 2 unspecified atom stereocenters. The Morgan fingerprint density at radius 1 is 0.854 bits per heavy atom. The van der Waals surface area contributed by atoms with Gasteiger partial charge in [0.2, 0.25) is 15.3 Å². The van der Waals surface area contributed by atoms with E-state index in [0.717, 1.165) is 91.1 Å². The number of rotatable bonds is 7. The van der Waals surface area contributed by atoms with E-state index >= 15 is 0 Å². The molecule has 1 aliphatic heterocycles. The van der Waals surface area contributed by atoms with Crippen LogP contribution in [0.25, 0.3) is 17.1 Å². The van der Waals surface area contributed by atoms with E-state index in [0.29, 0.717) is 10.6 Å². The molecule has 6 nitrogen and oxygen atoms in total. The molecule has 1 aliphatic carbocycles. The Kier molecular flexibility index (Phi) is 7.75. The van der Waals surface area contributed by atoms with Crippen LogP contribution in [0, 0.1) is 20.8 Å². The highest BCUT2D eigenvalue weighted by Crippen LogP contribution is 2.38. The lowest BCUT2D eigenvalue weighted by Crippen LogP contribution is -2.49. The summed E-state index contributed by atoms with van der Waals surface area (Å²) in [4.78, 5) is 5.39. The van der Waals surface area contributed by atoms with Crippen molar-refractivity contribution in [2.24, 2.45) is 0 Å². The standard InChI is InChI=1S/C34H39N3O3S/c1-23-14-18-26(19-15-23)41(38,39)34(31-11-6-7-22-35-31)40-32-21-20-28(27-9-4-5-10-29(27)32)30-12-8-13-33(36-30)37-24(2)16-17-25(37)3/h8,12-21,31,34-35H,4-7,9-11,22H2,1-3H3. The summed E-state index contributed by atoms with van der Waals surface area (Å²) in [5.41, 5.74) is 6.70. The van der Waals surface area contributed by atoms with E-state index in [-0.39, 0.29) is 6.04 Å². The molecule has 0 radical (unpaired) electrons. The maximum absolute atomic E-state index is 14.0. The summed E-state index contributed by atoms with van der Waals surface area (Å²) in [5.74, 6) is 1.59. The van der Waals surface area contributed by atoms with Gasteiger partial charge < -0.3 is 14.6 Å². The van der Waals surface area contributed by atoms with Crippen LogP contribution in [0.4, 0.5) is 0 Å². The number of benzene rings is 2. The van der Waals surface area contributed by atoms with E-state index in [4.69, 9.17) is 9.72 Å². The number of aromatic nitrogens is 2. The van der Waals surface area contributed by atoms with Gasteiger partial charge in [0.1, 0.15) is 11.6 Å². The van der Waals surface area contributed by atoms with Gasteiger partial charge in [-0.3, -0.25) is 0 Å². The molecule has 2 aliphatic rings. The van der Waals surface area contributed by atoms with Crippen molar-refractivity contribution in [1.29, 1.82) is 0 Å². The zero-order valence-electron chi connectivity index (χ0n) is 24.2. The number of nitrogens with zero attached hydrogens (tertiary/aromatic N) is 2. The smallest absolute Gasteiger partial charge is 0.218 e. The number of sulfone groups is 1. The Balaban J connectivity index is 1.40. The molecule has 4 aromatic rings. The van der Waals surface area contributed by atoms with E-state index in [2.05, 4.69) is 54.1 Å². The number of nitrogens with one attached hydrogen (secondary N) is 1. The van der Waals surface area contributed by atoms with Crippen LogP contribution in [-0.2, 0) is 22.7 Å². The van der Waals surface area contributed by atoms with E-state index in [1.54, 1.807) is 12.1 Å². The van der Waals surface area contributed by atoms with Crippen LogP contribution in [-0.4, -0.2) is 36.0 Å². The van der Waals surface area contributed by atoms with Gasteiger partial charge in [-0.05, 0) is 125 Å². The molecule has 2 aromatic carbocycles. The minimum absolute atomic E-state index is 0.264. The van der Waals surface area contributed by atoms with Crippen LogP contribution < -0.4 is 10.1 Å². The normalized spacial score (nSPS) is 18.1. The molecule has 0 bridgehead atoms. The lowest BCUT2D eigenvalue weighted by molar-refractivity contribution is 0.197. The van der Waals surface area contributed by atoms with Crippen LogP contribution in [0.3, 0.4) is 0 Å². The van der Waals surface area contributed by atoms with Crippen molar-refractivity contribution in [3.05, 3.63) is 94.8 Å². The number of hydrogen-bond donors (Lipinski definition) is 1. The number of piperidine rings is 1. The summed E-state index contributed by atoms with van der Waals surface area (Å²) in [6.07, 6.45) is 6.74. The van der Waals surface area contributed by atoms with Crippen molar-refractivity contribution >= 4 is 9.84 Å². The molecule has 0 saturated carbocycles. The molecule has 0 spiro atoms. The zero-order valence-corrected chi connectivity index (χ0v) is 25.0. The van der Waals surface area contributed by atoms with Gasteiger partial charge in [-0.2, -0.15) is 0 Å². The summed E-state index contributed by atoms with van der Waals surface area (Å²) in [7, 11) is -3.74. The Morgan fingerprint density at radius 3 is 2.29 bits per heavy atom. The van der Waals surface area contributed by atoms with Crippen molar-refractivity contribution in [2.75, 3.05) is 6.54 Å². The minimum atomic E-state index is -3.74. The van der Waals surface area contributed by atoms with Gasteiger partial charge in [0.15, 0.2) is 0 Å². The number of pyridine rings is 1. The Labute approximate surface area is 243 Å². The summed E-state index contributed by atoms with van der Waals surface area (Å²) >= 11 is 0. The van der Waals surface area contributed by atoms with Crippen molar-refractivity contribution in [1.82, 2.24) is 14.9 Å². The maximum Gasteiger partial charge on any atom is 0.218 e. The molecule has 2 atom stereocenters. The fourth-order valence-electron chi connectivity index (χ4n) is 6.37. The predicted molar refractivity (Wildman–Crippen MR) is 164 cm³/mol. The van der Waals surface area contributed by atoms with Gasteiger partial charge in [-0.25, -0.2) is 13.4 Å². The topological polar surface area (TPSA) is 73.2 Å². The lowest BCUT2D eigenvalue weighted by Gasteiger charge is -2.33. The first-order valence-electron chi connectivity index (χ1n) is 14.8. The van der Waals surface area contributed by atoms with Crippen molar-refractivity contribution in [3.63, 3.8) is 0 Å². The summed E-state index contributed by atoms with van der Waals surface area (Å²) in [5, 5.41) is 3.46. The average molecular weight is 570 g/mol. The third kappa shape index (κ3) is 5.45. The zero-order chi connectivity index (χ0) is 28.6. The highest BCUT2D eigenvalue weighted by Gasteiger charge is 2.38. The monoisotopic (exact) mass is 569 g/mol. The number of hydrogen-bond acceptors (Lipinski definition) is 5. The van der Waals surface area contributed by atoms with E-state index < -0.39 is 15.3 Å². The second-order valence-electron chi connectivity index (χ2n) is 11.5. The Hall–Kier alpha value is -3.42. The van der Waals surface area contributed by atoms with Crippen LogP contribution in [0.15, 0.2) is 71.6 Å². The number of ether oxygens (including phenoxy) is 1. The first-order valence-corrected chi connectivity index (χ1v) is 16.4. The highest BCUT2D eigenvalue weighted by molar-refractivity contribution is 7.92. The van der Waals surface area contributed by atoms with Crippen LogP contribution in [0.1, 0.15) is 60.2 Å². The second kappa shape index (κ2) is 11.5. The Morgan fingerprint density at radius 2 is 1.59 bits per heavy atom. The first-order chi connectivity index (χ1) is 19.8. The molecule has 1 fully saturated rings. The van der Waals surface area contributed by atoms with Crippen molar-refractivity contribution < 1.29 is 13.2 Å². The SMILES string of the molecule is Cc1ccc(S(=O)(=O)C(Oc2ccc(-c3cccc(-n4c(C)ccc4C)n3)c3c2CCCC3)C2CCCCN2)cc1. The average Bonchev–Trinajstić information content (AvgIpc) is 3.33. The van der Waals surface area contributed by atoms with Crippen molar-refractivity contribution in [2.45, 2.75) is 82.1 Å². The highest BCUT2D eigenvalue weighted by atomic mass is 32.2. The largest absolute Gasteiger partial charge is 0.472 e. The quantitative estimate of drug-likeness (QED) is 0.269. The third-order valence-electron chi connectivity index (χ3n) is 8.58. The number of aryl methyl sites for hydroxylation is 3.